The highest BCUT2D eigenvalue weighted by molar-refractivity contribution is 7.99. The first-order valence-corrected chi connectivity index (χ1v) is 8.60. The van der Waals surface area contributed by atoms with E-state index in [1.165, 1.54) is 10.4 Å². The molecule has 6 heteroatoms. The highest BCUT2D eigenvalue weighted by Gasteiger charge is 2.14. The van der Waals surface area contributed by atoms with Crippen LogP contribution in [0.2, 0.25) is 0 Å². The summed E-state index contributed by atoms with van der Waals surface area (Å²) in [7, 11) is 1.90. The third kappa shape index (κ3) is 3.24. The number of aliphatic hydroxyl groups excluding tert-OH is 1. The van der Waals surface area contributed by atoms with Crippen LogP contribution in [0.5, 0.6) is 0 Å². The fourth-order valence-electron chi connectivity index (χ4n) is 2.02. The van der Waals surface area contributed by atoms with Crippen molar-refractivity contribution in [2.75, 3.05) is 19.0 Å². The number of nitrogens with zero attached hydrogens (tertiary/aromatic N) is 2. The zero-order chi connectivity index (χ0) is 14.7. The number of thiophene rings is 1. The Morgan fingerprint density at radius 3 is 2.75 bits per heavy atom. The minimum absolute atomic E-state index is 0.235. The van der Waals surface area contributed by atoms with E-state index in [2.05, 4.69) is 36.1 Å². The summed E-state index contributed by atoms with van der Waals surface area (Å²) in [6.45, 7) is 6.60. The molecule has 0 fully saturated rings. The second kappa shape index (κ2) is 6.74. The number of thioether (sulfide) groups is 1. The zero-order valence-corrected chi connectivity index (χ0v) is 14.0. The molecule has 110 valence electrons. The average molecular weight is 311 g/mol. The molecule has 0 spiro atoms. The monoisotopic (exact) mass is 311 g/mol. The van der Waals surface area contributed by atoms with E-state index in [0.29, 0.717) is 5.25 Å². The lowest BCUT2D eigenvalue weighted by Gasteiger charge is -2.10. The number of hydrogen-bond acceptors (Lipinski definition) is 6. The van der Waals surface area contributed by atoms with Gasteiger partial charge in [-0.25, -0.2) is 9.97 Å². The van der Waals surface area contributed by atoms with Crippen molar-refractivity contribution in [3.8, 4) is 0 Å². The van der Waals surface area contributed by atoms with E-state index in [9.17, 15) is 0 Å². The normalized spacial score (nSPS) is 12.8. The lowest BCUT2D eigenvalue weighted by atomic mass is 10.2. The molecule has 0 bridgehead atoms. The second-order valence-corrected chi connectivity index (χ2v) is 7.47. The maximum Gasteiger partial charge on any atom is 0.142 e. The quantitative estimate of drug-likeness (QED) is 0.857. The first kappa shape index (κ1) is 15.5. The standard InChI is InChI=1S/C14H21N3OS2/c1-8(5-6-18)19-7-11-16-13(15-4)12-9(2)10(3)20-14(12)17-11/h8,18H,5-7H2,1-4H3,(H,15,16,17). The SMILES string of the molecule is CNc1nc(CSC(C)CCO)nc2sc(C)c(C)c12. The molecule has 0 aromatic carbocycles. The van der Waals surface area contributed by atoms with E-state index in [4.69, 9.17) is 5.11 Å². The maximum absolute atomic E-state index is 8.94. The van der Waals surface area contributed by atoms with Gasteiger partial charge in [-0.1, -0.05) is 6.92 Å². The molecule has 0 radical (unpaired) electrons. The number of anilines is 1. The molecule has 2 heterocycles. The van der Waals surface area contributed by atoms with Crippen LogP contribution >= 0.6 is 23.1 Å². The predicted octanol–water partition coefficient (Wildman–Crippen LogP) is 3.35. The van der Waals surface area contributed by atoms with Crippen LogP contribution in [0.1, 0.15) is 29.6 Å². The van der Waals surface area contributed by atoms with E-state index in [-0.39, 0.29) is 6.61 Å². The lowest BCUT2D eigenvalue weighted by molar-refractivity contribution is 0.289. The van der Waals surface area contributed by atoms with Gasteiger partial charge in [-0.2, -0.15) is 11.8 Å². The topological polar surface area (TPSA) is 58.0 Å². The summed E-state index contributed by atoms with van der Waals surface area (Å²) in [5.41, 5.74) is 1.27. The smallest absolute Gasteiger partial charge is 0.142 e. The highest BCUT2D eigenvalue weighted by atomic mass is 32.2. The van der Waals surface area contributed by atoms with Crippen LogP contribution < -0.4 is 5.32 Å². The maximum atomic E-state index is 8.94. The van der Waals surface area contributed by atoms with Crippen molar-refractivity contribution < 1.29 is 5.11 Å². The van der Waals surface area contributed by atoms with Crippen LogP contribution in [-0.4, -0.2) is 34.0 Å². The molecule has 0 aliphatic heterocycles. The molecule has 0 saturated carbocycles. The Morgan fingerprint density at radius 1 is 1.35 bits per heavy atom. The molecule has 1 unspecified atom stereocenters. The minimum Gasteiger partial charge on any atom is -0.396 e. The summed E-state index contributed by atoms with van der Waals surface area (Å²) < 4.78 is 0. The van der Waals surface area contributed by atoms with E-state index >= 15 is 0 Å². The van der Waals surface area contributed by atoms with Gasteiger partial charge in [0.05, 0.1) is 11.1 Å². The van der Waals surface area contributed by atoms with Gasteiger partial charge in [-0.15, -0.1) is 11.3 Å². The highest BCUT2D eigenvalue weighted by Crippen LogP contribution is 2.33. The Kier molecular flexibility index (Phi) is 5.23. The molecule has 2 aromatic rings. The van der Waals surface area contributed by atoms with Crippen LogP contribution in [0.4, 0.5) is 5.82 Å². The Bertz CT molecular complexity index is 598. The molecular formula is C14H21N3OS2. The number of aromatic nitrogens is 2. The minimum atomic E-state index is 0.235. The largest absolute Gasteiger partial charge is 0.396 e. The third-order valence-corrected chi connectivity index (χ3v) is 5.68. The van der Waals surface area contributed by atoms with Gasteiger partial charge in [0.25, 0.3) is 0 Å². The number of aliphatic hydroxyl groups is 1. The average Bonchev–Trinajstić information content (AvgIpc) is 2.71. The molecule has 2 aromatic heterocycles. The third-order valence-electron chi connectivity index (χ3n) is 3.34. The molecule has 2 rings (SSSR count). The van der Waals surface area contributed by atoms with Gasteiger partial charge in [0, 0.05) is 23.8 Å². The summed E-state index contributed by atoms with van der Waals surface area (Å²) in [6.07, 6.45) is 0.809. The van der Waals surface area contributed by atoms with Crippen molar-refractivity contribution >= 4 is 39.1 Å². The lowest BCUT2D eigenvalue weighted by Crippen LogP contribution is -2.03. The molecule has 20 heavy (non-hydrogen) atoms. The van der Waals surface area contributed by atoms with Crippen LogP contribution in [-0.2, 0) is 5.75 Å². The molecule has 4 nitrogen and oxygen atoms in total. The molecule has 1 atom stereocenters. The van der Waals surface area contributed by atoms with Gasteiger partial charge in [0.15, 0.2) is 0 Å². The molecule has 0 amide bonds. The summed E-state index contributed by atoms with van der Waals surface area (Å²) >= 11 is 3.51. The van der Waals surface area contributed by atoms with Gasteiger partial charge in [0.1, 0.15) is 16.5 Å². The van der Waals surface area contributed by atoms with Crippen molar-refractivity contribution in [2.24, 2.45) is 0 Å². The van der Waals surface area contributed by atoms with Crippen LogP contribution in [0.25, 0.3) is 10.2 Å². The summed E-state index contributed by atoms with van der Waals surface area (Å²) in [6, 6.07) is 0. The number of fused-ring (bicyclic) bond motifs is 1. The van der Waals surface area contributed by atoms with E-state index in [0.717, 1.165) is 34.0 Å². The Balaban J connectivity index is 2.27. The Labute approximate surface area is 128 Å². The molecule has 2 N–H and O–H groups in total. The summed E-state index contributed by atoms with van der Waals surface area (Å²) in [5.74, 6) is 2.56. The van der Waals surface area contributed by atoms with E-state index in [1.807, 2.05) is 7.05 Å². The van der Waals surface area contributed by atoms with E-state index < -0.39 is 0 Å². The van der Waals surface area contributed by atoms with Crippen LogP contribution in [0.15, 0.2) is 0 Å². The Hall–Kier alpha value is -0.850. The fourth-order valence-corrected chi connectivity index (χ4v) is 3.90. The summed E-state index contributed by atoms with van der Waals surface area (Å²) in [4.78, 5) is 11.7. The van der Waals surface area contributed by atoms with Crippen molar-refractivity contribution in [3.05, 3.63) is 16.3 Å². The van der Waals surface area contributed by atoms with Crippen molar-refractivity contribution in [2.45, 2.75) is 38.2 Å². The predicted molar refractivity (Wildman–Crippen MR) is 88.9 cm³/mol. The van der Waals surface area contributed by atoms with Crippen LogP contribution in [0.3, 0.4) is 0 Å². The van der Waals surface area contributed by atoms with Crippen molar-refractivity contribution in [3.63, 3.8) is 0 Å². The zero-order valence-electron chi connectivity index (χ0n) is 12.4. The van der Waals surface area contributed by atoms with Gasteiger partial charge >= 0.3 is 0 Å². The van der Waals surface area contributed by atoms with Crippen LogP contribution in [0, 0.1) is 13.8 Å². The molecule has 0 aliphatic carbocycles. The number of aryl methyl sites for hydroxylation is 2. The van der Waals surface area contributed by atoms with Crippen molar-refractivity contribution in [1.82, 2.24) is 9.97 Å². The van der Waals surface area contributed by atoms with Gasteiger partial charge in [-0.05, 0) is 25.8 Å². The first-order valence-electron chi connectivity index (χ1n) is 6.73. The molecule has 0 saturated heterocycles. The van der Waals surface area contributed by atoms with Crippen molar-refractivity contribution in [1.29, 1.82) is 0 Å². The van der Waals surface area contributed by atoms with Gasteiger partial charge in [0.2, 0.25) is 0 Å². The molecular weight excluding hydrogens is 290 g/mol. The number of hydrogen-bond donors (Lipinski definition) is 2. The van der Waals surface area contributed by atoms with Gasteiger partial charge < -0.3 is 10.4 Å². The summed E-state index contributed by atoms with van der Waals surface area (Å²) in [5, 5.41) is 13.7. The molecule has 0 aliphatic rings. The second-order valence-electron chi connectivity index (χ2n) is 4.84. The fraction of sp³-hybridized carbons (Fsp3) is 0.571. The number of nitrogens with one attached hydrogen (secondary N) is 1. The number of rotatable bonds is 6. The van der Waals surface area contributed by atoms with E-state index in [1.54, 1.807) is 23.1 Å². The first-order chi connectivity index (χ1) is 9.56. The Morgan fingerprint density at radius 2 is 2.10 bits per heavy atom. The van der Waals surface area contributed by atoms with Gasteiger partial charge in [-0.3, -0.25) is 0 Å².